The molecule has 3 aromatic carbocycles. The molecular weight excluding hydrogens is 466 g/mol. The van der Waals surface area contributed by atoms with Crippen LogP contribution >= 0.6 is 11.8 Å². The number of rotatable bonds is 5. The van der Waals surface area contributed by atoms with Gasteiger partial charge in [-0.25, -0.2) is 14.8 Å². The van der Waals surface area contributed by atoms with Crippen LogP contribution in [0.25, 0.3) is 33.2 Å². The number of nitrogens with zero attached hydrogens (tertiary/aromatic N) is 5. The van der Waals surface area contributed by atoms with Gasteiger partial charge in [-0.05, 0) is 28.5 Å². The van der Waals surface area contributed by atoms with E-state index in [2.05, 4.69) is 9.97 Å². The fourth-order valence-electron chi connectivity index (χ4n) is 3.96. The van der Waals surface area contributed by atoms with Crippen molar-refractivity contribution in [1.29, 1.82) is 0 Å². The third-order valence-electron chi connectivity index (χ3n) is 5.85. The minimum Gasteiger partial charge on any atom is -0.280 e. The summed E-state index contributed by atoms with van der Waals surface area (Å²) in [7, 11) is 2.98. The fourth-order valence-corrected chi connectivity index (χ4v) is 4.98. The molecule has 0 radical (unpaired) electrons. The van der Waals surface area contributed by atoms with Crippen molar-refractivity contribution in [3.63, 3.8) is 0 Å². The monoisotopic (exact) mass is 485 g/mol. The van der Waals surface area contributed by atoms with Crippen molar-refractivity contribution in [3.8, 4) is 11.4 Å². The lowest BCUT2D eigenvalue weighted by atomic mass is 10.1. The number of nitro groups is 1. The Morgan fingerprint density at radius 3 is 2.37 bits per heavy atom. The van der Waals surface area contributed by atoms with Gasteiger partial charge in [0.1, 0.15) is 10.4 Å². The van der Waals surface area contributed by atoms with E-state index < -0.39 is 16.2 Å². The first-order valence-corrected chi connectivity index (χ1v) is 11.7. The predicted molar refractivity (Wildman–Crippen MR) is 136 cm³/mol. The summed E-state index contributed by atoms with van der Waals surface area (Å²) in [6.07, 6.45) is 0. The van der Waals surface area contributed by atoms with Crippen LogP contribution in [0, 0.1) is 10.1 Å². The molecule has 0 N–H and O–H groups in total. The molecule has 5 aromatic rings. The summed E-state index contributed by atoms with van der Waals surface area (Å²) < 4.78 is 2.36. The zero-order valence-corrected chi connectivity index (χ0v) is 19.7. The number of non-ortho nitro benzene ring substituents is 1. The molecule has 5 rings (SSSR count). The summed E-state index contributed by atoms with van der Waals surface area (Å²) in [5, 5.41) is 14.0. The predicted octanol–water partition coefficient (Wildman–Crippen LogP) is 4.05. The highest BCUT2D eigenvalue weighted by Crippen LogP contribution is 2.31. The summed E-state index contributed by atoms with van der Waals surface area (Å²) in [4.78, 5) is 45.4. The molecule has 0 saturated carbocycles. The van der Waals surface area contributed by atoms with E-state index in [1.54, 1.807) is 19.2 Å². The van der Waals surface area contributed by atoms with Gasteiger partial charge in [-0.1, -0.05) is 42.5 Å². The second kappa shape index (κ2) is 8.80. The summed E-state index contributed by atoms with van der Waals surface area (Å²) >= 11 is 1.38. The third kappa shape index (κ3) is 3.97. The van der Waals surface area contributed by atoms with Gasteiger partial charge in [-0.3, -0.25) is 24.0 Å². The highest BCUT2D eigenvalue weighted by atomic mass is 32.2. The van der Waals surface area contributed by atoms with Crippen molar-refractivity contribution < 1.29 is 4.92 Å². The highest BCUT2D eigenvalue weighted by Gasteiger charge is 2.19. The van der Waals surface area contributed by atoms with E-state index in [-0.39, 0.29) is 22.5 Å². The van der Waals surface area contributed by atoms with Crippen LogP contribution in [0.3, 0.4) is 0 Å². The Labute approximate surface area is 202 Å². The molecule has 35 heavy (non-hydrogen) atoms. The van der Waals surface area contributed by atoms with Crippen molar-refractivity contribution in [2.24, 2.45) is 14.1 Å². The quantitative estimate of drug-likeness (QED) is 0.160. The molecule has 0 fully saturated rings. The number of benzene rings is 3. The molecule has 10 heteroatoms. The van der Waals surface area contributed by atoms with Gasteiger partial charge in [0, 0.05) is 37.5 Å². The smallest absolute Gasteiger partial charge is 0.280 e. The fraction of sp³-hybridized carbons (Fsp3) is 0.120. The van der Waals surface area contributed by atoms with Crippen LogP contribution in [0.2, 0.25) is 0 Å². The van der Waals surface area contributed by atoms with Gasteiger partial charge >= 0.3 is 5.69 Å². The SMILES string of the molecule is Cn1c(=O)c2c(SCc3cccc4ccccc34)nc(-c3ccc([N+](=O)[O-])cc3)nc2n(C)c1=O. The number of hydrogen-bond acceptors (Lipinski definition) is 7. The van der Waals surface area contributed by atoms with Gasteiger partial charge in [0.25, 0.3) is 11.2 Å². The first-order chi connectivity index (χ1) is 16.8. The number of fused-ring (bicyclic) bond motifs is 2. The van der Waals surface area contributed by atoms with Crippen molar-refractivity contribution >= 4 is 39.3 Å². The molecule has 0 aliphatic heterocycles. The Morgan fingerprint density at radius 2 is 1.63 bits per heavy atom. The van der Waals surface area contributed by atoms with Gasteiger partial charge < -0.3 is 0 Å². The van der Waals surface area contributed by atoms with Gasteiger partial charge in [0.2, 0.25) is 0 Å². The van der Waals surface area contributed by atoms with E-state index in [0.29, 0.717) is 16.3 Å². The topological polar surface area (TPSA) is 113 Å². The highest BCUT2D eigenvalue weighted by molar-refractivity contribution is 7.98. The largest absolute Gasteiger partial charge is 0.332 e. The third-order valence-corrected chi connectivity index (χ3v) is 6.87. The van der Waals surface area contributed by atoms with Crippen LogP contribution in [-0.4, -0.2) is 24.0 Å². The summed E-state index contributed by atoms with van der Waals surface area (Å²) in [5.41, 5.74) is 0.805. The Hall–Kier alpha value is -4.31. The average Bonchev–Trinajstić information content (AvgIpc) is 2.89. The van der Waals surface area contributed by atoms with E-state index in [0.717, 1.165) is 20.9 Å². The molecule has 0 bridgehead atoms. The van der Waals surface area contributed by atoms with Gasteiger partial charge in [0.15, 0.2) is 11.5 Å². The molecule has 0 atom stereocenters. The van der Waals surface area contributed by atoms with Crippen molar-refractivity contribution in [2.75, 3.05) is 0 Å². The number of hydrogen-bond donors (Lipinski definition) is 0. The summed E-state index contributed by atoms with van der Waals surface area (Å²) in [6, 6.07) is 20.0. The molecule has 9 nitrogen and oxygen atoms in total. The molecule has 0 aliphatic rings. The van der Waals surface area contributed by atoms with E-state index in [4.69, 9.17) is 0 Å². The lowest BCUT2D eigenvalue weighted by Crippen LogP contribution is -2.37. The molecule has 0 saturated heterocycles. The molecule has 2 heterocycles. The molecule has 174 valence electrons. The lowest BCUT2D eigenvalue weighted by molar-refractivity contribution is -0.384. The average molecular weight is 486 g/mol. The van der Waals surface area contributed by atoms with Crippen molar-refractivity contribution in [1.82, 2.24) is 19.1 Å². The van der Waals surface area contributed by atoms with Crippen LogP contribution in [0.1, 0.15) is 5.56 Å². The van der Waals surface area contributed by atoms with Crippen LogP contribution in [-0.2, 0) is 19.8 Å². The molecule has 0 aliphatic carbocycles. The minimum absolute atomic E-state index is 0.0543. The van der Waals surface area contributed by atoms with E-state index in [9.17, 15) is 19.7 Å². The van der Waals surface area contributed by atoms with Gasteiger partial charge in [0.05, 0.1) is 4.92 Å². The maximum atomic E-state index is 13.1. The molecular formula is C25H19N5O4S. The summed E-state index contributed by atoms with van der Waals surface area (Å²) in [5.74, 6) is 0.815. The Morgan fingerprint density at radius 1 is 0.914 bits per heavy atom. The van der Waals surface area contributed by atoms with E-state index in [1.807, 2.05) is 42.5 Å². The minimum atomic E-state index is -0.499. The van der Waals surface area contributed by atoms with E-state index >= 15 is 0 Å². The second-order valence-corrected chi connectivity index (χ2v) is 8.95. The standard InChI is InChI=1S/C25H19N5O4S/c1-28-22-20(24(31)29(2)25(28)32)23(27-21(26-22)16-10-12-18(13-11-16)30(33)34)35-14-17-8-5-7-15-6-3-4-9-19(15)17/h3-13H,14H2,1-2H3. The number of thioether (sulfide) groups is 1. The van der Waals surface area contributed by atoms with Crippen molar-refractivity contribution in [2.45, 2.75) is 10.8 Å². The number of aromatic nitrogens is 4. The van der Waals surface area contributed by atoms with Crippen LogP contribution < -0.4 is 11.2 Å². The van der Waals surface area contributed by atoms with Gasteiger partial charge in [-0.2, -0.15) is 0 Å². The Bertz CT molecular complexity index is 1740. The maximum Gasteiger partial charge on any atom is 0.332 e. The Balaban J connectivity index is 1.68. The first kappa shape index (κ1) is 22.5. The first-order valence-electron chi connectivity index (χ1n) is 10.7. The van der Waals surface area contributed by atoms with Crippen molar-refractivity contribution in [3.05, 3.63) is 103 Å². The second-order valence-electron chi connectivity index (χ2n) is 7.99. The molecule has 0 amide bonds. The number of aryl methyl sites for hydroxylation is 1. The van der Waals surface area contributed by atoms with Crippen LogP contribution in [0.5, 0.6) is 0 Å². The van der Waals surface area contributed by atoms with Crippen LogP contribution in [0.4, 0.5) is 5.69 Å². The molecule has 0 spiro atoms. The zero-order valence-electron chi connectivity index (χ0n) is 18.8. The Kier molecular flexibility index (Phi) is 5.65. The van der Waals surface area contributed by atoms with Crippen LogP contribution in [0.15, 0.2) is 81.3 Å². The van der Waals surface area contributed by atoms with Gasteiger partial charge in [-0.15, -0.1) is 11.8 Å². The number of nitro benzene ring substituents is 1. The lowest BCUT2D eigenvalue weighted by Gasteiger charge is -2.12. The molecule has 2 aromatic heterocycles. The summed E-state index contributed by atoms with van der Waals surface area (Å²) in [6.45, 7) is 0. The zero-order chi connectivity index (χ0) is 24.7. The normalized spacial score (nSPS) is 11.3. The van der Waals surface area contributed by atoms with E-state index in [1.165, 1.54) is 35.5 Å². The molecule has 0 unspecified atom stereocenters. The maximum absolute atomic E-state index is 13.1.